The Kier molecular flexibility index (Phi) is 8.40. The van der Waals surface area contributed by atoms with Crippen LogP contribution in [0.3, 0.4) is 0 Å². The number of nitrogens with zero attached hydrogens (tertiary/aromatic N) is 1. The van der Waals surface area contributed by atoms with Crippen molar-refractivity contribution in [3.8, 4) is 0 Å². The van der Waals surface area contributed by atoms with Gasteiger partial charge in [0.2, 0.25) is 0 Å². The lowest BCUT2D eigenvalue weighted by molar-refractivity contribution is -0.110. The Labute approximate surface area is 228 Å². The van der Waals surface area contributed by atoms with Gasteiger partial charge in [-0.15, -0.1) is 0 Å². The maximum absolute atomic E-state index is 13.1. The van der Waals surface area contributed by atoms with Crippen molar-refractivity contribution in [2.24, 2.45) is 0 Å². The van der Waals surface area contributed by atoms with Gasteiger partial charge in [0.25, 0.3) is 11.8 Å². The predicted octanol–water partition coefficient (Wildman–Crippen LogP) is 4.51. The molecule has 0 fully saturated rings. The number of rotatable bonds is 10. The first kappa shape index (κ1) is 27.6. The van der Waals surface area contributed by atoms with Gasteiger partial charge in [0.15, 0.2) is 9.84 Å². The average Bonchev–Trinajstić information content (AvgIpc) is 3.40. The molecule has 0 radical (unpaired) electrons. The highest BCUT2D eigenvalue weighted by Crippen LogP contribution is 2.36. The molecule has 4 rings (SSSR count). The molecule has 10 heteroatoms. The van der Waals surface area contributed by atoms with Crippen LogP contribution >= 0.6 is 11.6 Å². The van der Waals surface area contributed by atoms with E-state index in [0.717, 1.165) is 19.6 Å². The second kappa shape index (κ2) is 11.6. The van der Waals surface area contributed by atoms with E-state index in [2.05, 4.69) is 34.4 Å². The maximum atomic E-state index is 13.1. The first-order valence-electron chi connectivity index (χ1n) is 12.5. The van der Waals surface area contributed by atoms with Gasteiger partial charge in [-0.2, -0.15) is 0 Å². The predicted molar refractivity (Wildman–Crippen MR) is 151 cm³/mol. The van der Waals surface area contributed by atoms with Crippen LogP contribution in [0.15, 0.2) is 53.6 Å². The summed E-state index contributed by atoms with van der Waals surface area (Å²) in [6.45, 7) is 9.10. The van der Waals surface area contributed by atoms with Crippen LogP contribution in [0.5, 0.6) is 0 Å². The zero-order valence-corrected chi connectivity index (χ0v) is 23.2. The molecule has 0 atom stereocenters. The molecule has 2 heterocycles. The van der Waals surface area contributed by atoms with Gasteiger partial charge >= 0.3 is 0 Å². The minimum atomic E-state index is -3.69. The van der Waals surface area contributed by atoms with Crippen LogP contribution in [-0.2, 0) is 20.4 Å². The van der Waals surface area contributed by atoms with E-state index in [9.17, 15) is 18.0 Å². The number of H-pyrrole nitrogens is 1. The van der Waals surface area contributed by atoms with Crippen LogP contribution in [0.25, 0.3) is 11.6 Å². The van der Waals surface area contributed by atoms with Gasteiger partial charge in [0.05, 0.1) is 21.8 Å². The molecule has 3 N–H and O–H groups in total. The summed E-state index contributed by atoms with van der Waals surface area (Å²) >= 11 is 6.01. The van der Waals surface area contributed by atoms with Crippen LogP contribution in [-0.4, -0.2) is 56.3 Å². The van der Waals surface area contributed by atoms with E-state index in [1.807, 2.05) is 6.92 Å². The number of fused-ring (bicyclic) bond motifs is 1. The number of amides is 2. The number of aromatic amines is 1. The van der Waals surface area contributed by atoms with Crippen LogP contribution in [0.2, 0.25) is 5.02 Å². The summed E-state index contributed by atoms with van der Waals surface area (Å²) in [6.07, 6.45) is 3.27. The molecule has 8 nitrogen and oxygen atoms in total. The third kappa shape index (κ3) is 6.01. The summed E-state index contributed by atoms with van der Waals surface area (Å²) in [7, 11) is -3.69. The first-order chi connectivity index (χ1) is 18.1. The van der Waals surface area contributed by atoms with Gasteiger partial charge in [-0.05, 0) is 67.5 Å². The number of benzene rings is 2. The van der Waals surface area contributed by atoms with Gasteiger partial charge < -0.3 is 20.5 Å². The van der Waals surface area contributed by atoms with Gasteiger partial charge in [0.1, 0.15) is 0 Å². The molecule has 0 aliphatic carbocycles. The highest BCUT2D eigenvalue weighted by molar-refractivity contribution is 7.90. The molecule has 1 aliphatic rings. The number of carbonyl (C=O) groups excluding carboxylic acids is 2. The van der Waals surface area contributed by atoms with Gasteiger partial charge in [-0.1, -0.05) is 37.6 Å². The van der Waals surface area contributed by atoms with Crippen molar-refractivity contribution in [1.29, 1.82) is 0 Å². The maximum Gasteiger partial charge on any atom is 0.256 e. The quantitative estimate of drug-likeness (QED) is 0.319. The number of hydrogen-bond donors (Lipinski definition) is 3. The summed E-state index contributed by atoms with van der Waals surface area (Å²) in [6, 6.07) is 11.3. The van der Waals surface area contributed by atoms with Gasteiger partial charge in [0, 0.05) is 41.3 Å². The number of sulfone groups is 1. The fourth-order valence-electron chi connectivity index (χ4n) is 4.44. The van der Waals surface area contributed by atoms with E-state index in [1.54, 1.807) is 42.6 Å². The van der Waals surface area contributed by atoms with E-state index in [4.69, 9.17) is 11.6 Å². The van der Waals surface area contributed by atoms with E-state index >= 15 is 0 Å². The molecule has 0 unspecified atom stereocenters. The van der Waals surface area contributed by atoms with Crippen LogP contribution < -0.4 is 10.6 Å². The number of carbonyl (C=O) groups is 2. The van der Waals surface area contributed by atoms with E-state index in [0.29, 0.717) is 50.8 Å². The van der Waals surface area contributed by atoms with Crippen LogP contribution in [0, 0.1) is 6.92 Å². The van der Waals surface area contributed by atoms with Gasteiger partial charge in [-0.25, -0.2) is 8.42 Å². The molecule has 0 saturated heterocycles. The first-order valence-corrected chi connectivity index (χ1v) is 14.5. The fourth-order valence-corrected chi connectivity index (χ4v) is 6.01. The Morgan fingerprint density at radius 2 is 1.89 bits per heavy atom. The highest BCUT2D eigenvalue weighted by Gasteiger charge is 2.27. The third-order valence-electron chi connectivity index (χ3n) is 6.70. The van der Waals surface area contributed by atoms with Crippen molar-refractivity contribution in [3.05, 3.63) is 81.6 Å². The molecule has 0 bridgehead atoms. The second-order valence-corrected chi connectivity index (χ2v) is 11.6. The lowest BCUT2D eigenvalue weighted by Crippen LogP contribution is -2.34. The standard InChI is InChI=1S/C28H31ClN4O4S/c1-4-33(5-2)12-11-30-27(34)24-16-31-26(18(24)3)15-23-22-14-21(9-10-25(22)32-28(23)35)38(36,37)17-19-7-6-8-20(29)13-19/h6-10,13-16,31H,4-5,11-12,17H2,1-3H3,(H,30,34)(H,32,35)/b23-15-. The molecule has 1 aromatic heterocycles. The van der Waals surface area contributed by atoms with Crippen molar-refractivity contribution in [2.45, 2.75) is 31.4 Å². The Morgan fingerprint density at radius 3 is 2.61 bits per heavy atom. The smallest absolute Gasteiger partial charge is 0.256 e. The molecule has 3 aromatic rings. The Morgan fingerprint density at radius 1 is 1.13 bits per heavy atom. The highest BCUT2D eigenvalue weighted by atomic mass is 35.5. The van der Waals surface area contributed by atoms with Crippen molar-refractivity contribution in [1.82, 2.24) is 15.2 Å². The average molecular weight is 555 g/mol. The van der Waals surface area contributed by atoms with Crippen LogP contribution in [0.4, 0.5) is 5.69 Å². The normalized spacial score (nSPS) is 14.1. The summed E-state index contributed by atoms with van der Waals surface area (Å²) in [5.74, 6) is -0.750. The number of halogens is 1. The van der Waals surface area contributed by atoms with Crippen molar-refractivity contribution < 1.29 is 18.0 Å². The molecule has 200 valence electrons. The number of likely N-dealkylation sites (N-methyl/N-ethyl adjacent to an activating group) is 1. The molecule has 38 heavy (non-hydrogen) atoms. The Balaban J connectivity index is 1.57. The zero-order valence-electron chi connectivity index (χ0n) is 21.6. The number of aromatic nitrogens is 1. The van der Waals surface area contributed by atoms with Crippen LogP contribution in [0.1, 0.15) is 46.6 Å². The number of anilines is 1. The van der Waals surface area contributed by atoms with Crippen molar-refractivity contribution >= 4 is 50.6 Å². The zero-order chi connectivity index (χ0) is 27.4. The van der Waals surface area contributed by atoms with E-state index in [-0.39, 0.29) is 22.5 Å². The van der Waals surface area contributed by atoms with E-state index in [1.165, 1.54) is 12.1 Å². The molecule has 0 spiro atoms. The molecule has 2 aromatic carbocycles. The molecule has 2 amide bonds. The molecular formula is C28H31ClN4O4S. The summed E-state index contributed by atoms with van der Waals surface area (Å²) in [4.78, 5) is 30.9. The van der Waals surface area contributed by atoms with Crippen molar-refractivity contribution in [3.63, 3.8) is 0 Å². The van der Waals surface area contributed by atoms with Gasteiger partial charge in [-0.3, -0.25) is 9.59 Å². The number of hydrogen-bond acceptors (Lipinski definition) is 5. The SMILES string of the molecule is CCN(CC)CCNC(=O)c1c[nH]c(/C=C2\C(=O)Nc3ccc(S(=O)(=O)Cc4cccc(Cl)c4)cc32)c1C. The minimum Gasteiger partial charge on any atom is -0.361 e. The Bertz CT molecular complexity index is 1510. The third-order valence-corrected chi connectivity index (χ3v) is 8.62. The minimum absolute atomic E-state index is 0.107. The molecule has 1 aliphatic heterocycles. The van der Waals surface area contributed by atoms with E-state index < -0.39 is 9.84 Å². The lowest BCUT2D eigenvalue weighted by Gasteiger charge is -2.17. The largest absolute Gasteiger partial charge is 0.361 e. The second-order valence-electron chi connectivity index (χ2n) is 9.13. The number of nitrogens with one attached hydrogen (secondary N) is 3. The molecule has 0 saturated carbocycles. The molecular weight excluding hydrogens is 524 g/mol. The monoisotopic (exact) mass is 554 g/mol. The fraction of sp³-hybridized carbons (Fsp3) is 0.286. The summed E-state index contributed by atoms with van der Waals surface area (Å²) in [5.41, 5.74) is 3.70. The topological polar surface area (TPSA) is 111 Å². The lowest BCUT2D eigenvalue weighted by atomic mass is 10.0. The van der Waals surface area contributed by atoms with Crippen molar-refractivity contribution in [2.75, 3.05) is 31.5 Å². The summed E-state index contributed by atoms with van der Waals surface area (Å²) in [5, 5.41) is 6.19. The Hall–Kier alpha value is -3.40. The summed E-state index contributed by atoms with van der Waals surface area (Å²) < 4.78 is 26.3.